The molecular weight excluding hydrogens is 320 g/mol. The summed E-state index contributed by atoms with van der Waals surface area (Å²) >= 11 is 0. The van der Waals surface area contributed by atoms with Crippen LogP contribution >= 0.6 is 0 Å². The van der Waals surface area contributed by atoms with E-state index in [0.717, 1.165) is 37.4 Å². The molecule has 1 aromatic rings. The molecule has 5 nitrogen and oxygen atoms in total. The van der Waals surface area contributed by atoms with Gasteiger partial charge in [-0.25, -0.2) is 0 Å². The Morgan fingerprint density at radius 2 is 1.48 bits per heavy atom. The average Bonchev–Trinajstić information content (AvgIpc) is 3.03. The first kappa shape index (κ1) is 20.0. The minimum absolute atomic E-state index is 0.367. The molecule has 1 aliphatic rings. The van der Waals surface area contributed by atoms with Gasteiger partial charge in [-0.15, -0.1) is 0 Å². The summed E-state index contributed by atoms with van der Waals surface area (Å²) in [5.41, 5.74) is 1.29. The number of rotatable bonds is 14. The van der Waals surface area contributed by atoms with Gasteiger partial charge in [0.05, 0.1) is 26.4 Å². The van der Waals surface area contributed by atoms with Gasteiger partial charge in [0.15, 0.2) is 11.5 Å². The fourth-order valence-electron chi connectivity index (χ4n) is 2.52. The molecule has 0 bridgehead atoms. The van der Waals surface area contributed by atoms with Crippen molar-refractivity contribution in [3.8, 4) is 11.5 Å². The van der Waals surface area contributed by atoms with Crippen molar-refractivity contribution in [1.82, 2.24) is 0 Å². The molecule has 0 aromatic heterocycles. The predicted octanol–water partition coefficient (Wildman–Crippen LogP) is 3.98. The van der Waals surface area contributed by atoms with E-state index in [9.17, 15) is 0 Å². The predicted molar refractivity (Wildman–Crippen MR) is 97.5 cm³/mol. The molecule has 0 saturated carbocycles. The van der Waals surface area contributed by atoms with Crippen LogP contribution < -0.4 is 9.47 Å². The van der Waals surface area contributed by atoms with Crippen molar-refractivity contribution in [3.05, 3.63) is 23.8 Å². The van der Waals surface area contributed by atoms with Crippen LogP contribution in [0.25, 0.3) is 0 Å². The maximum Gasteiger partial charge on any atom is 0.264 e. The lowest BCUT2D eigenvalue weighted by Crippen LogP contribution is -2.25. The molecular formula is C20H32O5. The monoisotopic (exact) mass is 352 g/mol. The molecule has 0 fully saturated rings. The van der Waals surface area contributed by atoms with Crippen molar-refractivity contribution in [2.24, 2.45) is 0 Å². The number of unbranched alkanes of at least 4 members (excludes halogenated alkanes) is 2. The second-order valence-electron chi connectivity index (χ2n) is 6.20. The highest BCUT2D eigenvalue weighted by atomic mass is 16.7. The van der Waals surface area contributed by atoms with E-state index in [4.69, 9.17) is 23.7 Å². The van der Waals surface area contributed by atoms with Crippen molar-refractivity contribution < 1.29 is 23.7 Å². The quantitative estimate of drug-likeness (QED) is 0.474. The highest BCUT2D eigenvalue weighted by Crippen LogP contribution is 2.35. The van der Waals surface area contributed by atoms with Crippen molar-refractivity contribution in [3.63, 3.8) is 0 Å². The van der Waals surface area contributed by atoms with Crippen LogP contribution in [0.5, 0.6) is 11.5 Å². The number of ether oxygens (including phenoxy) is 5. The highest BCUT2D eigenvalue weighted by molar-refractivity contribution is 5.45. The molecule has 2 rings (SSSR count). The lowest BCUT2D eigenvalue weighted by Gasteiger charge is -2.11. The van der Waals surface area contributed by atoms with Crippen LogP contribution in [0.2, 0.25) is 0 Å². The fraction of sp³-hybridized carbons (Fsp3) is 0.700. The van der Waals surface area contributed by atoms with Gasteiger partial charge in [-0.1, -0.05) is 32.8 Å². The minimum Gasteiger partial charge on any atom is -0.448 e. The molecule has 5 heteroatoms. The third kappa shape index (κ3) is 7.63. The van der Waals surface area contributed by atoms with E-state index >= 15 is 0 Å². The Morgan fingerprint density at radius 3 is 2.24 bits per heavy atom. The third-order valence-electron chi connectivity index (χ3n) is 3.98. The van der Waals surface area contributed by atoms with Crippen molar-refractivity contribution in [1.29, 1.82) is 0 Å². The Morgan fingerprint density at radius 1 is 0.800 bits per heavy atom. The zero-order valence-corrected chi connectivity index (χ0v) is 15.6. The van der Waals surface area contributed by atoms with Crippen LogP contribution in [-0.4, -0.2) is 45.9 Å². The number of hydrogen-bond donors (Lipinski definition) is 0. The molecule has 1 heterocycles. The molecule has 0 saturated heterocycles. The second kappa shape index (κ2) is 12.1. The van der Waals surface area contributed by atoms with E-state index in [1.54, 1.807) is 0 Å². The van der Waals surface area contributed by atoms with Crippen LogP contribution in [0.4, 0.5) is 0 Å². The van der Waals surface area contributed by atoms with E-state index < -0.39 is 0 Å². The smallest absolute Gasteiger partial charge is 0.264 e. The van der Waals surface area contributed by atoms with Crippen LogP contribution in [0.3, 0.4) is 0 Å². The van der Waals surface area contributed by atoms with E-state index in [2.05, 4.69) is 26.0 Å². The van der Waals surface area contributed by atoms with Crippen molar-refractivity contribution >= 4 is 0 Å². The molecule has 1 atom stereocenters. The van der Waals surface area contributed by atoms with E-state index in [1.165, 1.54) is 18.4 Å². The van der Waals surface area contributed by atoms with Gasteiger partial charge in [0, 0.05) is 6.61 Å². The topological polar surface area (TPSA) is 46.2 Å². The fourth-order valence-corrected chi connectivity index (χ4v) is 2.52. The molecule has 142 valence electrons. The molecule has 25 heavy (non-hydrogen) atoms. The zero-order chi connectivity index (χ0) is 17.7. The Labute approximate surface area is 151 Å². The lowest BCUT2D eigenvalue weighted by atomic mass is 10.1. The lowest BCUT2D eigenvalue weighted by molar-refractivity contribution is -0.0499. The van der Waals surface area contributed by atoms with Crippen LogP contribution in [0.15, 0.2) is 18.2 Å². The van der Waals surface area contributed by atoms with Crippen molar-refractivity contribution in [2.75, 3.05) is 39.6 Å². The Balaban J connectivity index is 1.51. The molecule has 0 N–H and O–H groups in total. The van der Waals surface area contributed by atoms with E-state index in [0.29, 0.717) is 33.0 Å². The maximum absolute atomic E-state index is 5.80. The summed E-state index contributed by atoms with van der Waals surface area (Å²) in [4.78, 5) is 0. The number of hydrogen-bond acceptors (Lipinski definition) is 5. The standard InChI is InChI=1S/C20H32O5/c1-3-5-7-17-8-9-18-19(15-17)25-20(24-18)16-23-14-13-22-12-11-21-10-6-4-2/h8-9,15,20H,3-7,10-14,16H2,1-2H3. The van der Waals surface area contributed by atoms with Gasteiger partial charge < -0.3 is 23.7 Å². The Kier molecular flexibility index (Phi) is 9.70. The molecule has 1 unspecified atom stereocenters. The Hall–Kier alpha value is -1.30. The van der Waals surface area contributed by atoms with Gasteiger partial charge in [0.1, 0.15) is 6.61 Å². The highest BCUT2D eigenvalue weighted by Gasteiger charge is 2.24. The summed E-state index contributed by atoms with van der Waals surface area (Å²) in [7, 11) is 0. The first-order chi connectivity index (χ1) is 12.3. The summed E-state index contributed by atoms with van der Waals surface area (Å²) in [5.74, 6) is 1.62. The molecule has 1 aliphatic heterocycles. The van der Waals surface area contributed by atoms with Crippen LogP contribution in [0.1, 0.15) is 45.1 Å². The maximum atomic E-state index is 5.80. The van der Waals surface area contributed by atoms with Gasteiger partial charge in [0.25, 0.3) is 6.29 Å². The first-order valence-corrected chi connectivity index (χ1v) is 9.53. The first-order valence-electron chi connectivity index (χ1n) is 9.53. The molecule has 0 spiro atoms. The van der Waals surface area contributed by atoms with E-state index in [1.807, 2.05) is 6.07 Å². The molecule has 0 aliphatic carbocycles. The summed E-state index contributed by atoms with van der Waals surface area (Å²) in [6.07, 6.45) is 5.35. The van der Waals surface area contributed by atoms with E-state index in [-0.39, 0.29) is 6.29 Å². The van der Waals surface area contributed by atoms with Gasteiger partial charge in [-0.05, 0) is 37.0 Å². The van der Waals surface area contributed by atoms with Crippen LogP contribution in [-0.2, 0) is 20.6 Å². The van der Waals surface area contributed by atoms with Gasteiger partial charge in [-0.3, -0.25) is 0 Å². The van der Waals surface area contributed by atoms with Gasteiger partial charge >= 0.3 is 0 Å². The van der Waals surface area contributed by atoms with Crippen molar-refractivity contribution in [2.45, 2.75) is 52.2 Å². The normalized spacial score (nSPS) is 15.7. The number of fused-ring (bicyclic) bond motifs is 1. The molecule has 0 radical (unpaired) electrons. The minimum atomic E-state index is -0.367. The molecule has 0 amide bonds. The summed E-state index contributed by atoms with van der Waals surface area (Å²) in [6.45, 7) is 7.89. The van der Waals surface area contributed by atoms with Gasteiger partial charge in [0.2, 0.25) is 0 Å². The van der Waals surface area contributed by atoms with Crippen LogP contribution in [0, 0.1) is 0 Å². The summed E-state index contributed by atoms with van der Waals surface area (Å²) in [5, 5.41) is 0. The van der Waals surface area contributed by atoms with Gasteiger partial charge in [-0.2, -0.15) is 0 Å². The number of benzene rings is 1. The third-order valence-corrected chi connectivity index (χ3v) is 3.98. The second-order valence-corrected chi connectivity index (χ2v) is 6.20. The average molecular weight is 352 g/mol. The Bertz CT molecular complexity index is 477. The number of aryl methyl sites for hydroxylation is 1. The molecule has 1 aromatic carbocycles. The zero-order valence-electron chi connectivity index (χ0n) is 15.6. The summed E-state index contributed by atoms with van der Waals surface area (Å²) in [6, 6.07) is 6.17. The SMILES string of the molecule is CCCCOCCOCCOCC1Oc2ccc(CCCC)cc2O1. The largest absolute Gasteiger partial charge is 0.448 e. The summed E-state index contributed by atoms with van der Waals surface area (Å²) < 4.78 is 28.0.